The molecule has 2 aromatic heterocycles. The molecule has 2 amide bonds. The first-order chi connectivity index (χ1) is 15.1. The van der Waals surface area contributed by atoms with Gasteiger partial charge in [-0.15, -0.1) is 22.7 Å². The van der Waals surface area contributed by atoms with E-state index in [0.717, 1.165) is 38.2 Å². The average molecular weight is 454 g/mol. The van der Waals surface area contributed by atoms with Crippen molar-refractivity contribution in [1.29, 1.82) is 0 Å². The number of nitrogens with zero attached hydrogens (tertiary/aromatic N) is 4. The summed E-state index contributed by atoms with van der Waals surface area (Å²) in [7, 11) is 0. The van der Waals surface area contributed by atoms with Gasteiger partial charge in [0.05, 0.1) is 17.8 Å². The van der Waals surface area contributed by atoms with Gasteiger partial charge in [-0.3, -0.25) is 19.4 Å². The highest BCUT2D eigenvalue weighted by molar-refractivity contribution is 7.16. The predicted molar refractivity (Wildman–Crippen MR) is 122 cm³/mol. The van der Waals surface area contributed by atoms with Crippen LogP contribution >= 0.6 is 22.7 Å². The van der Waals surface area contributed by atoms with E-state index in [9.17, 15) is 9.59 Å². The second kappa shape index (κ2) is 8.86. The number of anilines is 2. The van der Waals surface area contributed by atoms with Crippen LogP contribution in [-0.2, 0) is 35.5 Å². The molecule has 1 fully saturated rings. The molecule has 2 aliphatic heterocycles. The first-order valence-electron chi connectivity index (χ1n) is 10.4. The van der Waals surface area contributed by atoms with Gasteiger partial charge in [0.2, 0.25) is 11.8 Å². The van der Waals surface area contributed by atoms with E-state index in [-0.39, 0.29) is 18.2 Å². The molecule has 0 spiro atoms. The Morgan fingerprint density at radius 2 is 2.00 bits per heavy atom. The Morgan fingerprint density at radius 1 is 1.13 bits per heavy atom. The number of benzene rings is 1. The van der Waals surface area contributed by atoms with Crippen LogP contribution in [-0.4, -0.2) is 39.8 Å². The van der Waals surface area contributed by atoms with Crippen LogP contribution in [0.4, 0.5) is 10.3 Å². The Bertz CT molecular complexity index is 1090. The molecule has 0 aliphatic carbocycles. The highest BCUT2D eigenvalue weighted by Gasteiger charge is 2.25. The van der Waals surface area contributed by atoms with Crippen molar-refractivity contribution in [2.75, 3.05) is 23.3 Å². The zero-order chi connectivity index (χ0) is 21.2. The van der Waals surface area contributed by atoms with Gasteiger partial charge in [-0.1, -0.05) is 30.3 Å². The van der Waals surface area contributed by atoms with Crippen LogP contribution in [0.3, 0.4) is 0 Å². The molecular weight excluding hydrogens is 430 g/mol. The molecule has 3 aromatic rings. The summed E-state index contributed by atoms with van der Waals surface area (Å²) in [6, 6.07) is 10.5. The minimum atomic E-state index is -0.128. The summed E-state index contributed by atoms with van der Waals surface area (Å²) in [5.41, 5.74) is 3.09. The van der Waals surface area contributed by atoms with E-state index < -0.39 is 0 Å². The van der Waals surface area contributed by atoms with E-state index in [1.807, 2.05) is 11.4 Å². The monoisotopic (exact) mass is 453 g/mol. The summed E-state index contributed by atoms with van der Waals surface area (Å²) >= 11 is 2.98. The largest absolute Gasteiger partial charge is 0.302 e. The molecule has 160 valence electrons. The molecule has 1 aromatic carbocycles. The number of aromatic nitrogens is 2. The second-order valence-electron chi connectivity index (χ2n) is 7.83. The normalized spacial score (nSPS) is 16.5. The average Bonchev–Trinajstić information content (AvgIpc) is 3.48. The topological polar surface area (TPSA) is 78.4 Å². The number of carbonyl (C=O) groups is 2. The number of hydrogen-bond acceptors (Lipinski definition) is 7. The molecule has 31 heavy (non-hydrogen) atoms. The summed E-state index contributed by atoms with van der Waals surface area (Å²) in [5, 5.41) is 6.13. The van der Waals surface area contributed by atoms with Crippen molar-refractivity contribution >= 4 is 44.8 Å². The lowest BCUT2D eigenvalue weighted by molar-refractivity contribution is -0.117. The van der Waals surface area contributed by atoms with Gasteiger partial charge < -0.3 is 5.32 Å². The third-order valence-electron chi connectivity index (χ3n) is 5.49. The summed E-state index contributed by atoms with van der Waals surface area (Å²) < 4.78 is 0. The number of hydrogen-bond donors (Lipinski definition) is 1. The maximum Gasteiger partial charge on any atom is 0.232 e. The molecule has 1 N–H and O–H groups in total. The molecular formula is C22H23N5O2S2. The van der Waals surface area contributed by atoms with Crippen LogP contribution in [0.5, 0.6) is 0 Å². The van der Waals surface area contributed by atoms with E-state index in [0.29, 0.717) is 28.9 Å². The smallest absolute Gasteiger partial charge is 0.232 e. The SMILES string of the molecule is O=C(Cc1csc(N2CCCC2=O)n1)Nc1nc2c(s1)CN(Cc1ccccc1)CC2. The van der Waals surface area contributed by atoms with E-state index in [2.05, 4.69) is 44.5 Å². The molecule has 0 unspecified atom stereocenters. The van der Waals surface area contributed by atoms with Crippen LogP contribution < -0.4 is 10.2 Å². The van der Waals surface area contributed by atoms with Crippen molar-refractivity contribution in [3.05, 3.63) is 57.5 Å². The van der Waals surface area contributed by atoms with E-state index in [1.165, 1.54) is 21.8 Å². The van der Waals surface area contributed by atoms with Gasteiger partial charge in [-0.25, -0.2) is 9.97 Å². The molecule has 0 bridgehead atoms. The molecule has 0 saturated carbocycles. The highest BCUT2D eigenvalue weighted by atomic mass is 32.1. The summed E-state index contributed by atoms with van der Waals surface area (Å²) in [6.07, 6.45) is 2.52. The highest BCUT2D eigenvalue weighted by Crippen LogP contribution is 2.29. The fraction of sp³-hybridized carbons (Fsp3) is 0.364. The minimum Gasteiger partial charge on any atom is -0.302 e. The molecule has 9 heteroatoms. The van der Waals surface area contributed by atoms with Gasteiger partial charge in [0.1, 0.15) is 0 Å². The summed E-state index contributed by atoms with van der Waals surface area (Å²) in [6.45, 7) is 3.46. The fourth-order valence-corrected chi connectivity index (χ4v) is 5.89. The van der Waals surface area contributed by atoms with E-state index in [1.54, 1.807) is 16.2 Å². The van der Waals surface area contributed by atoms with Crippen LogP contribution in [0.1, 0.15) is 34.7 Å². The van der Waals surface area contributed by atoms with Crippen LogP contribution in [0.2, 0.25) is 0 Å². The van der Waals surface area contributed by atoms with Crippen molar-refractivity contribution in [3.63, 3.8) is 0 Å². The lowest BCUT2D eigenvalue weighted by Gasteiger charge is -2.25. The Hall–Kier alpha value is -2.62. The van der Waals surface area contributed by atoms with Crippen LogP contribution in [0, 0.1) is 0 Å². The minimum absolute atomic E-state index is 0.111. The first-order valence-corrected chi connectivity index (χ1v) is 12.1. The van der Waals surface area contributed by atoms with Crippen molar-refractivity contribution in [3.8, 4) is 0 Å². The Labute approximate surface area is 188 Å². The predicted octanol–water partition coefficient (Wildman–Crippen LogP) is 3.47. The molecule has 7 nitrogen and oxygen atoms in total. The Balaban J connectivity index is 1.18. The summed E-state index contributed by atoms with van der Waals surface area (Å²) in [4.78, 5) is 38.9. The van der Waals surface area contributed by atoms with Crippen molar-refractivity contribution in [1.82, 2.24) is 14.9 Å². The van der Waals surface area contributed by atoms with Gasteiger partial charge in [0.15, 0.2) is 10.3 Å². The molecule has 1 saturated heterocycles. The van der Waals surface area contributed by atoms with Crippen molar-refractivity contribution < 1.29 is 9.59 Å². The number of fused-ring (bicyclic) bond motifs is 1. The standard InChI is InChI=1S/C22H23N5O2S2/c28-19(11-16-14-30-22(23-16)27-9-4-7-20(27)29)25-21-24-17-8-10-26(13-18(17)31-21)12-15-5-2-1-3-6-15/h1-3,5-6,14H,4,7-13H2,(H,24,25,28). The van der Waals surface area contributed by atoms with E-state index >= 15 is 0 Å². The number of nitrogens with one attached hydrogen (secondary N) is 1. The third kappa shape index (κ3) is 4.68. The van der Waals surface area contributed by atoms with Crippen molar-refractivity contribution in [2.45, 2.75) is 38.8 Å². The molecule has 5 rings (SSSR count). The van der Waals surface area contributed by atoms with Gasteiger partial charge in [0, 0.05) is 49.3 Å². The van der Waals surface area contributed by atoms with Crippen LogP contribution in [0.25, 0.3) is 0 Å². The second-order valence-corrected chi connectivity index (χ2v) is 9.75. The molecule has 4 heterocycles. The fourth-order valence-electron chi connectivity index (χ4n) is 3.96. The third-order valence-corrected chi connectivity index (χ3v) is 7.40. The lowest BCUT2D eigenvalue weighted by atomic mass is 10.1. The molecule has 0 radical (unpaired) electrons. The molecule has 2 aliphatic rings. The van der Waals surface area contributed by atoms with E-state index in [4.69, 9.17) is 0 Å². The van der Waals surface area contributed by atoms with Crippen LogP contribution in [0.15, 0.2) is 35.7 Å². The molecule has 0 atom stereocenters. The number of carbonyl (C=O) groups excluding carboxylic acids is 2. The number of thiazole rings is 2. The zero-order valence-corrected chi connectivity index (χ0v) is 18.7. The first kappa shape index (κ1) is 20.3. The van der Waals surface area contributed by atoms with Gasteiger partial charge >= 0.3 is 0 Å². The number of amides is 2. The van der Waals surface area contributed by atoms with Crippen molar-refractivity contribution in [2.24, 2.45) is 0 Å². The van der Waals surface area contributed by atoms with Gasteiger partial charge in [-0.05, 0) is 12.0 Å². The number of rotatable bonds is 6. The van der Waals surface area contributed by atoms with Gasteiger partial charge in [0.25, 0.3) is 0 Å². The summed E-state index contributed by atoms with van der Waals surface area (Å²) in [5.74, 6) is -0.0168. The maximum absolute atomic E-state index is 12.5. The maximum atomic E-state index is 12.5. The van der Waals surface area contributed by atoms with Gasteiger partial charge in [-0.2, -0.15) is 0 Å². The lowest BCUT2D eigenvalue weighted by Crippen LogP contribution is -2.29. The Kier molecular flexibility index (Phi) is 5.80. The zero-order valence-electron chi connectivity index (χ0n) is 17.0. The quantitative estimate of drug-likeness (QED) is 0.618. The Morgan fingerprint density at radius 3 is 2.81 bits per heavy atom.